The first-order valence-corrected chi connectivity index (χ1v) is 4.58. The maximum absolute atomic E-state index is 11.2. The van der Waals surface area contributed by atoms with Crippen molar-refractivity contribution in [3.8, 4) is 0 Å². The molecule has 0 aliphatic carbocycles. The summed E-state index contributed by atoms with van der Waals surface area (Å²) in [4.78, 5) is 16.3. The molecule has 5 heteroatoms. The third kappa shape index (κ3) is 6.82. The summed E-state index contributed by atoms with van der Waals surface area (Å²) in [7, 11) is 1.52. The summed E-state index contributed by atoms with van der Waals surface area (Å²) < 4.78 is 4.96. The van der Waals surface area contributed by atoms with Crippen molar-refractivity contribution < 1.29 is 14.4 Å². The molecule has 1 amide bonds. The van der Waals surface area contributed by atoms with E-state index >= 15 is 0 Å². The topological polar surface area (TPSA) is 73.6 Å². The Morgan fingerprint density at radius 1 is 1.50 bits per heavy atom. The van der Waals surface area contributed by atoms with Gasteiger partial charge in [-0.1, -0.05) is 0 Å². The highest BCUT2D eigenvalue weighted by atomic mass is 16.7. The van der Waals surface area contributed by atoms with Gasteiger partial charge < -0.3 is 10.5 Å². The SMILES string of the molecule is COC(CN)CC(=O)NOC(C)(C)C. The van der Waals surface area contributed by atoms with E-state index < -0.39 is 0 Å². The molecule has 0 aliphatic heterocycles. The van der Waals surface area contributed by atoms with E-state index in [0.29, 0.717) is 6.54 Å². The summed E-state index contributed by atoms with van der Waals surface area (Å²) >= 11 is 0. The summed E-state index contributed by atoms with van der Waals surface area (Å²) in [6.45, 7) is 5.87. The van der Waals surface area contributed by atoms with Crippen molar-refractivity contribution in [2.24, 2.45) is 5.73 Å². The zero-order chi connectivity index (χ0) is 11.2. The van der Waals surface area contributed by atoms with Crippen LogP contribution in [0.4, 0.5) is 0 Å². The number of nitrogens with two attached hydrogens (primary N) is 1. The highest BCUT2D eigenvalue weighted by Crippen LogP contribution is 2.04. The zero-order valence-electron chi connectivity index (χ0n) is 9.29. The van der Waals surface area contributed by atoms with Crippen LogP contribution in [0.5, 0.6) is 0 Å². The van der Waals surface area contributed by atoms with Gasteiger partial charge in [0.25, 0.3) is 0 Å². The van der Waals surface area contributed by atoms with E-state index in [4.69, 9.17) is 15.3 Å². The van der Waals surface area contributed by atoms with Gasteiger partial charge in [0.2, 0.25) is 5.91 Å². The van der Waals surface area contributed by atoms with Crippen LogP contribution in [0.15, 0.2) is 0 Å². The minimum atomic E-state index is -0.388. The Morgan fingerprint density at radius 2 is 2.07 bits per heavy atom. The van der Waals surface area contributed by atoms with E-state index in [1.165, 1.54) is 7.11 Å². The molecule has 0 aromatic rings. The molecule has 0 radical (unpaired) electrons. The fourth-order valence-corrected chi connectivity index (χ4v) is 0.721. The third-order valence-electron chi connectivity index (χ3n) is 1.48. The minimum Gasteiger partial charge on any atom is -0.380 e. The number of amides is 1. The second kappa shape index (κ2) is 5.95. The van der Waals surface area contributed by atoms with E-state index in [-0.39, 0.29) is 24.0 Å². The van der Waals surface area contributed by atoms with E-state index in [1.54, 1.807) is 0 Å². The number of rotatable bonds is 5. The third-order valence-corrected chi connectivity index (χ3v) is 1.48. The van der Waals surface area contributed by atoms with Gasteiger partial charge in [0.15, 0.2) is 0 Å². The van der Waals surface area contributed by atoms with Crippen molar-refractivity contribution in [3.63, 3.8) is 0 Å². The van der Waals surface area contributed by atoms with Gasteiger partial charge in [0.05, 0.1) is 18.1 Å². The standard InChI is InChI=1S/C9H20N2O3/c1-9(2,3)14-11-8(12)5-7(6-10)13-4/h7H,5-6,10H2,1-4H3,(H,11,12). The monoisotopic (exact) mass is 204 g/mol. The predicted molar refractivity (Wildman–Crippen MR) is 53.4 cm³/mol. The Hall–Kier alpha value is -0.650. The molecule has 0 saturated carbocycles. The molecule has 0 bridgehead atoms. The normalized spacial score (nSPS) is 13.8. The number of nitrogens with one attached hydrogen (secondary N) is 1. The van der Waals surface area contributed by atoms with E-state index in [1.807, 2.05) is 20.8 Å². The smallest absolute Gasteiger partial charge is 0.246 e. The first kappa shape index (κ1) is 13.4. The molecule has 84 valence electrons. The highest BCUT2D eigenvalue weighted by Gasteiger charge is 2.15. The Labute approximate surface area is 84.9 Å². The molecular weight excluding hydrogens is 184 g/mol. The maximum Gasteiger partial charge on any atom is 0.246 e. The van der Waals surface area contributed by atoms with E-state index in [0.717, 1.165) is 0 Å². The van der Waals surface area contributed by atoms with Crippen LogP contribution in [0.25, 0.3) is 0 Å². The minimum absolute atomic E-state index is 0.211. The number of hydrogen-bond donors (Lipinski definition) is 2. The van der Waals surface area contributed by atoms with Crippen LogP contribution in [0, 0.1) is 0 Å². The summed E-state index contributed by atoms with van der Waals surface area (Å²) in [6, 6.07) is 0. The summed E-state index contributed by atoms with van der Waals surface area (Å²) in [6.07, 6.45) is -0.0399. The van der Waals surface area contributed by atoms with Crippen LogP contribution < -0.4 is 11.2 Å². The van der Waals surface area contributed by atoms with Gasteiger partial charge in [-0.3, -0.25) is 9.63 Å². The number of carbonyl (C=O) groups is 1. The lowest BCUT2D eigenvalue weighted by atomic mass is 10.2. The molecule has 0 fully saturated rings. The number of ether oxygens (including phenoxy) is 1. The first-order valence-electron chi connectivity index (χ1n) is 4.58. The van der Waals surface area contributed by atoms with Gasteiger partial charge in [0.1, 0.15) is 0 Å². The average molecular weight is 204 g/mol. The average Bonchev–Trinajstić information content (AvgIpc) is 2.09. The molecule has 5 nitrogen and oxygen atoms in total. The lowest BCUT2D eigenvalue weighted by Gasteiger charge is -2.20. The zero-order valence-corrected chi connectivity index (χ0v) is 9.29. The molecule has 0 heterocycles. The maximum atomic E-state index is 11.2. The first-order chi connectivity index (χ1) is 6.39. The van der Waals surface area contributed by atoms with Gasteiger partial charge in [-0.05, 0) is 20.8 Å². The van der Waals surface area contributed by atoms with Crippen molar-refractivity contribution in [2.45, 2.75) is 38.9 Å². The lowest BCUT2D eigenvalue weighted by molar-refractivity contribution is -0.147. The summed E-state index contributed by atoms with van der Waals surface area (Å²) in [5.41, 5.74) is 7.33. The number of methoxy groups -OCH3 is 1. The molecule has 14 heavy (non-hydrogen) atoms. The van der Waals surface area contributed by atoms with Gasteiger partial charge in [-0.25, -0.2) is 5.48 Å². The van der Waals surface area contributed by atoms with Crippen LogP contribution in [0.1, 0.15) is 27.2 Å². The van der Waals surface area contributed by atoms with Crippen LogP contribution in [0.2, 0.25) is 0 Å². The second-order valence-electron chi connectivity index (χ2n) is 4.04. The Kier molecular flexibility index (Phi) is 5.68. The lowest BCUT2D eigenvalue weighted by Crippen LogP contribution is -2.37. The number of hydrogen-bond acceptors (Lipinski definition) is 4. The molecule has 0 aliphatic rings. The molecule has 0 aromatic carbocycles. The van der Waals surface area contributed by atoms with Crippen molar-refractivity contribution in [2.75, 3.05) is 13.7 Å². The second-order valence-corrected chi connectivity index (χ2v) is 4.04. The van der Waals surface area contributed by atoms with Gasteiger partial charge in [0, 0.05) is 13.7 Å². The largest absolute Gasteiger partial charge is 0.380 e. The van der Waals surface area contributed by atoms with Crippen molar-refractivity contribution in [1.29, 1.82) is 0 Å². The van der Waals surface area contributed by atoms with Crippen LogP contribution >= 0.6 is 0 Å². The van der Waals surface area contributed by atoms with Crippen molar-refractivity contribution >= 4 is 5.91 Å². The van der Waals surface area contributed by atoms with Gasteiger partial charge in [-0.2, -0.15) is 0 Å². The highest BCUT2D eigenvalue weighted by molar-refractivity contribution is 5.75. The predicted octanol–water partition coefficient (Wildman–Crippen LogP) is 0.197. The molecule has 0 saturated heterocycles. The molecule has 0 aromatic heterocycles. The molecule has 0 spiro atoms. The van der Waals surface area contributed by atoms with Gasteiger partial charge >= 0.3 is 0 Å². The van der Waals surface area contributed by atoms with Crippen LogP contribution in [-0.2, 0) is 14.4 Å². The number of carbonyl (C=O) groups excluding carboxylic acids is 1. The van der Waals surface area contributed by atoms with Crippen molar-refractivity contribution in [1.82, 2.24) is 5.48 Å². The Morgan fingerprint density at radius 3 is 2.43 bits per heavy atom. The van der Waals surface area contributed by atoms with E-state index in [9.17, 15) is 4.79 Å². The van der Waals surface area contributed by atoms with E-state index in [2.05, 4.69) is 5.48 Å². The number of hydroxylamine groups is 1. The van der Waals surface area contributed by atoms with Gasteiger partial charge in [-0.15, -0.1) is 0 Å². The summed E-state index contributed by atoms with van der Waals surface area (Å²) in [5, 5.41) is 0. The fraction of sp³-hybridized carbons (Fsp3) is 0.889. The van der Waals surface area contributed by atoms with Crippen molar-refractivity contribution in [3.05, 3.63) is 0 Å². The Balaban J connectivity index is 3.75. The molecule has 1 atom stereocenters. The van der Waals surface area contributed by atoms with Crippen LogP contribution in [0.3, 0.4) is 0 Å². The van der Waals surface area contributed by atoms with Crippen LogP contribution in [-0.4, -0.2) is 31.3 Å². The summed E-state index contributed by atoms with van der Waals surface area (Å²) in [5.74, 6) is -0.225. The molecule has 3 N–H and O–H groups in total. The fourth-order valence-electron chi connectivity index (χ4n) is 0.721. The molecule has 0 rings (SSSR count). The quantitative estimate of drug-likeness (QED) is 0.627. The Bertz CT molecular complexity index is 173. The molecular formula is C9H20N2O3. The molecule has 1 unspecified atom stereocenters.